The number of aryl methyl sites for hydroxylation is 1. The lowest BCUT2D eigenvalue weighted by molar-refractivity contribution is 0.149. The van der Waals surface area contributed by atoms with Crippen molar-refractivity contribution in [3.63, 3.8) is 0 Å². The summed E-state index contributed by atoms with van der Waals surface area (Å²) in [6.07, 6.45) is 9.43. The maximum atomic E-state index is 4.66. The van der Waals surface area contributed by atoms with Gasteiger partial charge in [0, 0.05) is 18.6 Å². The minimum absolute atomic E-state index is 0.385. The van der Waals surface area contributed by atoms with Crippen molar-refractivity contribution in [2.24, 2.45) is 35.3 Å². The van der Waals surface area contributed by atoms with Gasteiger partial charge in [0.15, 0.2) is 5.65 Å². The first kappa shape index (κ1) is 19.2. The van der Waals surface area contributed by atoms with Crippen LogP contribution < -0.4 is 5.43 Å². The molecule has 3 aromatic rings. The summed E-state index contributed by atoms with van der Waals surface area (Å²) in [7, 11) is 2.01. The lowest BCUT2D eigenvalue weighted by Gasteiger charge is -2.46. The molecule has 2 aromatic heterocycles. The fraction of sp³-hybridized carbons (Fsp3) is 0.500. The number of benzene rings is 1. The summed E-state index contributed by atoms with van der Waals surface area (Å²) in [5.74, 6) is 2.17. The molecule has 0 aliphatic heterocycles. The second-order valence-electron chi connectivity index (χ2n) is 9.71. The number of anilines is 1. The molecule has 2 heterocycles. The smallest absolute Gasteiger partial charge is 0.265 e. The summed E-state index contributed by atoms with van der Waals surface area (Å²) in [5, 5.41) is 14.3. The van der Waals surface area contributed by atoms with Crippen molar-refractivity contribution >= 4 is 34.2 Å². The standard InChI is InChI=1S/C24H30N6/c1-15-12-16-8-7-11-24(2,3)19(16)13-17(15)14-25-28-23-26-22-21(27-29-23)18-9-5-6-10-20(18)30(22)4/h5-6,8-10,14-15,17,19H,7,11-13H2,1-4H3,(H,26,28,29)/b25-14-/t15-,17+,19+/m0/s1. The quantitative estimate of drug-likeness (QED) is 0.366. The number of allylic oxidation sites excluding steroid dienone is 2. The SMILES string of the molecule is C[C@H]1CC2=CCCC(C)(C)[C@@H]2C[C@@H]1/C=N\Nc1nnc2c3ccccc3n(C)c2n1. The number of para-hydroxylation sites is 1. The van der Waals surface area contributed by atoms with Crippen molar-refractivity contribution in [2.45, 2.75) is 46.5 Å². The first-order chi connectivity index (χ1) is 14.4. The van der Waals surface area contributed by atoms with E-state index < -0.39 is 0 Å². The molecule has 0 saturated heterocycles. The van der Waals surface area contributed by atoms with Gasteiger partial charge in [-0.25, -0.2) is 5.43 Å². The lowest BCUT2D eigenvalue weighted by Crippen LogP contribution is -2.36. The fourth-order valence-corrected chi connectivity index (χ4v) is 5.42. The number of aromatic nitrogens is 4. The first-order valence-electron chi connectivity index (χ1n) is 11.0. The van der Waals surface area contributed by atoms with Gasteiger partial charge in [0.2, 0.25) is 0 Å². The summed E-state index contributed by atoms with van der Waals surface area (Å²) >= 11 is 0. The number of hydrogen-bond acceptors (Lipinski definition) is 5. The van der Waals surface area contributed by atoms with E-state index in [0.717, 1.165) is 22.1 Å². The van der Waals surface area contributed by atoms with Crippen molar-refractivity contribution in [1.82, 2.24) is 19.7 Å². The van der Waals surface area contributed by atoms with Crippen molar-refractivity contribution in [3.8, 4) is 0 Å². The van der Waals surface area contributed by atoms with Crippen LogP contribution in [0, 0.1) is 23.2 Å². The summed E-state index contributed by atoms with van der Waals surface area (Å²) < 4.78 is 2.05. The summed E-state index contributed by atoms with van der Waals surface area (Å²) in [6, 6.07) is 8.17. The van der Waals surface area contributed by atoms with Gasteiger partial charge in [-0.05, 0) is 54.9 Å². The largest absolute Gasteiger partial charge is 0.327 e. The molecule has 5 rings (SSSR count). The average Bonchev–Trinajstić information content (AvgIpc) is 3.01. The van der Waals surface area contributed by atoms with Gasteiger partial charge in [0.05, 0.1) is 5.52 Å². The van der Waals surface area contributed by atoms with Crippen LogP contribution in [-0.2, 0) is 7.05 Å². The van der Waals surface area contributed by atoms with Crippen molar-refractivity contribution < 1.29 is 0 Å². The predicted octanol–water partition coefficient (Wildman–Crippen LogP) is 5.32. The number of nitrogens with zero attached hydrogens (tertiary/aromatic N) is 5. The molecule has 2 aliphatic rings. The Kier molecular flexibility index (Phi) is 4.60. The molecular formula is C24H30N6. The Balaban J connectivity index is 1.35. The molecule has 0 amide bonds. The normalized spacial score (nSPS) is 26.1. The van der Waals surface area contributed by atoms with Gasteiger partial charge in [-0.2, -0.15) is 10.1 Å². The predicted molar refractivity (Wildman–Crippen MR) is 122 cm³/mol. The zero-order valence-corrected chi connectivity index (χ0v) is 18.3. The Bertz CT molecular complexity index is 1160. The number of hydrazone groups is 1. The molecule has 1 N–H and O–H groups in total. The highest BCUT2D eigenvalue weighted by Crippen LogP contribution is 2.50. The zero-order chi connectivity index (χ0) is 20.9. The van der Waals surface area contributed by atoms with Crippen LogP contribution in [0.3, 0.4) is 0 Å². The highest BCUT2D eigenvalue weighted by atomic mass is 15.4. The van der Waals surface area contributed by atoms with Crippen LogP contribution in [-0.4, -0.2) is 26.0 Å². The van der Waals surface area contributed by atoms with Gasteiger partial charge in [-0.3, -0.25) is 0 Å². The molecule has 6 nitrogen and oxygen atoms in total. The third kappa shape index (κ3) is 3.18. The van der Waals surface area contributed by atoms with Crippen LogP contribution >= 0.6 is 0 Å². The van der Waals surface area contributed by atoms with E-state index >= 15 is 0 Å². The Labute approximate surface area is 177 Å². The maximum absolute atomic E-state index is 4.66. The third-order valence-electron chi connectivity index (χ3n) is 7.32. The highest BCUT2D eigenvalue weighted by molar-refractivity contribution is 6.04. The minimum atomic E-state index is 0.385. The number of nitrogens with one attached hydrogen (secondary N) is 1. The molecule has 1 aromatic carbocycles. The van der Waals surface area contributed by atoms with Crippen LogP contribution in [0.25, 0.3) is 22.1 Å². The Morgan fingerprint density at radius 3 is 2.93 bits per heavy atom. The van der Waals surface area contributed by atoms with Gasteiger partial charge in [0.1, 0.15) is 5.52 Å². The molecule has 30 heavy (non-hydrogen) atoms. The molecule has 0 unspecified atom stereocenters. The lowest BCUT2D eigenvalue weighted by atomic mass is 9.59. The summed E-state index contributed by atoms with van der Waals surface area (Å²) in [4.78, 5) is 4.66. The van der Waals surface area contributed by atoms with Crippen LogP contribution in [0.5, 0.6) is 0 Å². The van der Waals surface area contributed by atoms with Gasteiger partial charge in [-0.15, -0.1) is 10.2 Å². The van der Waals surface area contributed by atoms with Crippen LogP contribution in [0.15, 0.2) is 41.0 Å². The van der Waals surface area contributed by atoms with Crippen LogP contribution in [0.2, 0.25) is 0 Å². The van der Waals surface area contributed by atoms with E-state index in [4.69, 9.17) is 0 Å². The topological polar surface area (TPSA) is 68.0 Å². The minimum Gasteiger partial charge on any atom is -0.327 e. The Morgan fingerprint density at radius 2 is 2.07 bits per heavy atom. The average molecular weight is 403 g/mol. The second kappa shape index (κ2) is 7.18. The fourth-order valence-electron chi connectivity index (χ4n) is 5.42. The number of fused-ring (bicyclic) bond motifs is 4. The van der Waals surface area contributed by atoms with E-state index in [-0.39, 0.29) is 0 Å². The summed E-state index contributed by atoms with van der Waals surface area (Å²) in [6.45, 7) is 7.19. The second-order valence-corrected chi connectivity index (χ2v) is 9.71. The van der Waals surface area contributed by atoms with Gasteiger partial charge in [-0.1, -0.05) is 50.6 Å². The van der Waals surface area contributed by atoms with Crippen molar-refractivity contribution in [2.75, 3.05) is 5.43 Å². The molecule has 3 atom stereocenters. The molecule has 0 bridgehead atoms. The molecule has 0 spiro atoms. The highest BCUT2D eigenvalue weighted by Gasteiger charge is 2.40. The molecule has 1 fully saturated rings. The van der Waals surface area contributed by atoms with Gasteiger partial charge in [0.25, 0.3) is 5.95 Å². The van der Waals surface area contributed by atoms with Crippen LogP contribution in [0.1, 0.15) is 46.5 Å². The molecular weight excluding hydrogens is 372 g/mol. The molecule has 156 valence electrons. The number of rotatable bonds is 3. The van der Waals surface area contributed by atoms with Crippen molar-refractivity contribution in [3.05, 3.63) is 35.9 Å². The monoisotopic (exact) mass is 402 g/mol. The van der Waals surface area contributed by atoms with Crippen LogP contribution in [0.4, 0.5) is 5.95 Å². The Hall–Kier alpha value is -2.76. The van der Waals surface area contributed by atoms with E-state index in [1.807, 2.05) is 19.2 Å². The van der Waals surface area contributed by atoms with E-state index in [0.29, 0.717) is 29.1 Å². The van der Waals surface area contributed by atoms with Gasteiger partial charge >= 0.3 is 0 Å². The number of hydrogen-bond donors (Lipinski definition) is 1. The summed E-state index contributed by atoms with van der Waals surface area (Å²) in [5.41, 5.74) is 7.82. The molecule has 0 radical (unpaired) electrons. The van der Waals surface area contributed by atoms with E-state index in [1.165, 1.54) is 25.7 Å². The zero-order valence-electron chi connectivity index (χ0n) is 18.3. The molecule has 1 saturated carbocycles. The van der Waals surface area contributed by atoms with Crippen molar-refractivity contribution in [1.29, 1.82) is 0 Å². The third-order valence-corrected chi connectivity index (χ3v) is 7.32. The maximum Gasteiger partial charge on any atom is 0.265 e. The first-order valence-corrected chi connectivity index (χ1v) is 11.0. The Morgan fingerprint density at radius 1 is 1.23 bits per heavy atom. The van der Waals surface area contributed by atoms with E-state index in [9.17, 15) is 0 Å². The van der Waals surface area contributed by atoms with E-state index in [1.54, 1.807) is 5.57 Å². The molecule has 6 heteroatoms. The van der Waals surface area contributed by atoms with E-state index in [2.05, 4.69) is 75.5 Å². The van der Waals surface area contributed by atoms with Gasteiger partial charge < -0.3 is 4.57 Å². The molecule has 2 aliphatic carbocycles.